The SMILES string of the molecule is COCCCNC(=O)Cn1c(-c2cccc(C)c2)nc2ccccc21. The number of para-hydroxylation sites is 2. The second-order valence-corrected chi connectivity index (χ2v) is 6.08. The minimum atomic E-state index is -0.0202. The van der Waals surface area contributed by atoms with Gasteiger partial charge < -0.3 is 14.6 Å². The summed E-state index contributed by atoms with van der Waals surface area (Å²) in [5.41, 5.74) is 4.04. The number of benzene rings is 2. The zero-order chi connectivity index (χ0) is 17.6. The van der Waals surface area contributed by atoms with Crippen molar-refractivity contribution in [3.8, 4) is 11.4 Å². The van der Waals surface area contributed by atoms with Crippen LogP contribution in [0.15, 0.2) is 48.5 Å². The molecule has 1 N–H and O–H groups in total. The number of aromatic nitrogens is 2. The van der Waals surface area contributed by atoms with Crippen LogP contribution in [-0.2, 0) is 16.1 Å². The Bertz CT molecular complexity index is 870. The van der Waals surface area contributed by atoms with Crippen LogP contribution in [0, 0.1) is 6.92 Å². The highest BCUT2D eigenvalue weighted by Crippen LogP contribution is 2.25. The fourth-order valence-electron chi connectivity index (χ4n) is 2.88. The third-order valence-corrected chi connectivity index (χ3v) is 4.08. The molecule has 0 aliphatic carbocycles. The number of methoxy groups -OCH3 is 1. The van der Waals surface area contributed by atoms with Gasteiger partial charge in [0.05, 0.1) is 11.0 Å². The van der Waals surface area contributed by atoms with Crippen LogP contribution >= 0.6 is 0 Å². The van der Waals surface area contributed by atoms with Crippen LogP contribution in [0.5, 0.6) is 0 Å². The third-order valence-electron chi connectivity index (χ3n) is 4.08. The smallest absolute Gasteiger partial charge is 0.240 e. The molecule has 130 valence electrons. The van der Waals surface area contributed by atoms with Gasteiger partial charge in [-0.1, -0.05) is 35.9 Å². The van der Waals surface area contributed by atoms with Crippen LogP contribution < -0.4 is 5.32 Å². The number of carbonyl (C=O) groups is 1. The van der Waals surface area contributed by atoms with E-state index in [1.165, 1.54) is 5.56 Å². The summed E-state index contributed by atoms with van der Waals surface area (Å²) in [6.45, 7) is 3.55. The van der Waals surface area contributed by atoms with Crippen molar-refractivity contribution in [1.82, 2.24) is 14.9 Å². The number of aryl methyl sites for hydroxylation is 1. The van der Waals surface area contributed by atoms with Crippen LogP contribution in [0.1, 0.15) is 12.0 Å². The van der Waals surface area contributed by atoms with Crippen molar-refractivity contribution >= 4 is 16.9 Å². The maximum Gasteiger partial charge on any atom is 0.240 e. The van der Waals surface area contributed by atoms with Crippen LogP contribution in [-0.4, -0.2) is 35.7 Å². The molecule has 0 radical (unpaired) electrons. The van der Waals surface area contributed by atoms with Crippen molar-refractivity contribution in [2.45, 2.75) is 19.9 Å². The lowest BCUT2D eigenvalue weighted by Gasteiger charge is -2.10. The maximum absolute atomic E-state index is 12.4. The lowest BCUT2D eigenvalue weighted by atomic mass is 10.1. The Morgan fingerprint density at radius 2 is 2.04 bits per heavy atom. The molecule has 1 heterocycles. The number of imidazole rings is 1. The van der Waals surface area contributed by atoms with Gasteiger partial charge in [0, 0.05) is 25.8 Å². The number of ether oxygens (including phenoxy) is 1. The van der Waals surface area contributed by atoms with Gasteiger partial charge in [0.25, 0.3) is 0 Å². The third kappa shape index (κ3) is 4.06. The molecule has 3 rings (SSSR count). The normalized spacial score (nSPS) is 11.0. The highest BCUT2D eigenvalue weighted by atomic mass is 16.5. The first-order valence-corrected chi connectivity index (χ1v) is 8.47. The van der Waals surface area contributed by atoms with Gasteiger partial charge in [-0.3, -0.25) is 4.79 Å². The monoisotopic (exact) mass is 337 g/mol. The maximum atomic E-state index is 12.4. The number of hydrogen-bond acceptors (Lipinski definition) is 3. The van der Waals surface area contributed by atoms with Crippen LogP contribution in [0.2, 0.25) is 0 Å². The van der Waals surface area contributed by atoms with Gasteiger partial charge in [-0.05, 0) is 31.5 Å². The van der Waals surface area contributed by atoms with Crippen molar-refractivity contribution in [2.24, 2.45) is 0 Å². The fourth-order valence-corrected chi connectivity index (χ4v) is 2.88. The molecule has 0 saturated carbocycles. The van der Waals surface area contributed by atoms with Gasteiger partial charge in [0.1, 0.15) is 12.4 Å². The van der Waals surface area contributed by atoms with E-state index in [1.807, 2.05) is 41.0 Å². The Morgan fingerprint density at radius 3 is 2.84 bits per heavy atom. The average molecular weight is 337 g/mol. The van der Waals surface area contributed by atoms with E-state index < -0.39 is 0 Å². The number of carbonyl (C=O) groups excluding carboxylic acids is 1. The molecule has 3 aromatic rings. The van der Waals surface area contributed by atoms with Gasteiger partial charge in [-0.2, -0.15) is 0 Å². The summed E-state index contributed by atoms with van der Waals surface area (Å²) in [7, 11) is 1.66. The minimum absolute atomic E-state index is 0.0202. The second-order valence-electron chi connectivity index (χ2n) is 6.08. The van der Waals surface area contributed by atoms with E-state index in [4.69, 9.17) is 9.72 Å². The fraction of sp³-hybridized carbons (Fsp3) is 0.300. The van der Waals surface area contributed by atoms with E-state index in [9.17, 15) is 4.79 Å². The topological polar surface area (TPSA) is 56.1 Å². The summed E-state index contributed by atoms with van der Waals surface area (Å²) in [5, 5.41) is 2.94. The lowest BCUT2D eigenvalue weighted by Crippen LogP contribution is -2.29. The molecule has 0 unspecified atom stereocenters. The van der Waals surface area contributed by atoms with Crippen molar-refractivity contribution in [3.63, 3.8) is 0 Å². The van der Waals surface area contributed by atoms with E-state index in [1.54, 1.807) is 7.11 Å². The first-order valence-electron chi connectivity index (χ1n) is 8.47. The number of amides is 1. The predicted molar refractivity (Wildman–Crippen MR) is 99.4 cm³/mol. The highest BCUT2D eigenvalue weighted by Gasteiger charge is 2.15. The lowest BCUT2D eigenvalue weighted by molar-refractivity contribution is -0.121. The number of fused-ring (bicyclic) bond motifs is 1. The van der Waals surface area contributed by atoms with E-state index in [2.05, 4.69) is 24.4 Å². The van der Waals surface area contributed by atoms with Crippen molar-refractivity contribution in [3.05, 3.63) is 54.1 Å². The largest absolute Gasteiger partial charge is 0.385 e. The summed E-state index contributed by atoms with van der Waals surface area (Å²) in [6, 6.07) is 16.1. The average Bonchev–Trinajstić information content (AvgIpc) is 2.97. The number of nitrogens with zero attached hydrogens (tertiary/aromatic N) is 2. The van der Waals surface area contributed by atoms with Crippen LogP contribution in [0.25, 0.3) is 22.4 Å². The molecule has 1 amide bonds. The quantitative estimate of drug-likeness (QED) is 0.674. The summed E-state index contributed by atoms with van der Waals surface area (Å²) in [6.07, 6.45) is 0.803. The zero-order valence-electron chi connectivity index (χ0n) is 14.7. The summed E-state index contributed by atoms with van der Waals surface area (Å²) in [5.74, 6) is 0.796. The highest BCUT2D eigenvalue weighted by molar-refractivity contribution is 5.84. The molecule has 0 aliphatic heterocycles. The summed E-state index contributed by atoms with van der Waals surface area (Å²) >= 11 is 0. The molecule has 2 aromatic carbocycles. The number of hydrogen-bond donors (Lipinski definition) is 1. The molecule has 0 spiro atoms. The molecule has 1 aromatic heterocycles. The Labute approximate surface area is 147 Å². The molecule has 0 fully saturated rings. The number of rotatable bonds is 7. The number of nitrogens with one attached hydrogen (secondary N) is 1. The molecule has 0 bridgehead atoms. The zero-order valence-corrected chi connectivity index (χ0v) is 14.7. The summed E-state index contributed by atoms with van der Waals surface area (Å²) in [4.78, 5) is 17.1. The molecular formula is C20H23N3O2. The molecule has 0 saturated heterocycles. The summed E-state index contributed by atoms with van der Waals surface area (Å²) < 4.78 is 6.99. The molecule has 5 nitrogen and oxygen atoms in total. The van der Waals surface area contributed by atoms with Gasteiger partial charge >= 0.3 is 0 Å². The standard InChI is InChI=1S/C20H23N3O2/c1-15-7-5-8-16(13-15)20-22-17-9-3-4-10-18(17)23(20)14-19(24)21-11-6-12-25-2/h3-5,7-10,13H,6,11-12,14H2,1-2H3,(H,21,24). The van der Waals surface area contributed by atoms with Crippen LogP contribution in [0.3, 0.4) is 0 Å². The predicted octanol–water partition coefficient (Wildman–Crippen LogP) is 3.16. The van der Waals surface area contributed by atoms with Gasteiger partial charge in [-0.25, -0.2) is 4.98 Å². The van der Waals surface area contributed by atoms with E-state index in [-0.39, 0.29) is 12.5 Å². The molecule has 25 heavy (non-hydrogen) atoms. The van der Waals surface area contributed by atoms with Crippen molar-refractivity contribution in [2.75, 3.05) is 20.3 Å². The molecular weight excluding hydrogens is 314 g/mol. The van der Waals surface area contributed by atoms with Gasteiger partial charge in [-0.15, -0.1) is 0 Å². The van der Waals surface area contributed by atoms with Gasteiger partial charge in [0.2, 0.25) is 5.91 Å². The van der Waals surface area contributed by atoms with Gasteiger partial charge in [0.15, 0.2) is 0 Å². The second kappa shape index (κ2) is 7.94. The molecule has 0 aliphatic rings. The molecule has 5 heteroatoms. The Hall–Kier alpha value is -2.66. The van der Waals surface area contributed by atoms with Crippen LogP contribution in [0.4, 0.5) is 0 Å². The molecule has 0 atom stereocenters. The van der Waals surface area contributed by atoms with E-state index in [0.29, 0.717) is 13.2 Å². The van der Waals surface area contributed by atoms with E-state index in [0.717, 1.165) is 28.8 Å². The van der Waals surface area contributed by atoms with Crippen molar-refractivity contribution in [1.29, 1.82) is 0 Å². The minimum Gasteiger partial charge on any atom is -0.385 e. The first-order chi connectivity index (χ1) is 12.2. The first kappa shape index (κ1) is 17.2. The Morgan fingerprint density at radius 1 is 1.20 bits per heavy atom. The Kier molecular flexibility index (Phi) is 5.46. The van der Waals surface area contributed by atoms with E-state index >= 15 is 0 Å². The Balaban J connectivity index is 1.90. The van der Waals surface area contributed by atoms with Crippen molar-refractivity contribution < 1.29 is 9.53 Å².